The molecule has 0 unspecified atom stereocenters. The van der Waals surface area contributed by atoms with E-state index in [2.05, 4.69) is 46.3 Å². The molecule has 3 atom stereocenters. The molecular weight excluding hydrogens is 322 g/mol. The molecule has 1 aromatic heterocycles. The number of aromatic nitrogens is 1. The van der Waals surface area contributed by atoms with Crippen molar-refractivity contribution in [2.45, 2.75) is 56.5 Å². The minimum Gasteiger partial charge on any atom is -0.318 e. The summed E-state index contributed by atoms with van der Waals surface area (Å²) in [6.07, 6.45) is 10.4. The van der Waals surface area contributed by atoms with Gasteiger partial charge in [-0.05, 0) is 73.8 Å². The summed E-state index contributed by atoms with van der Waals surface area (Å²) in [4.78, 5) is 21.9. The number of benzene rings is 1. The predicted octanol–water partition coefficient (Wildman–Crippen LogP) is 4.36. The monoisotopic (exact) mass is 347 g/mol. The van der Waals surface area contributed by atoms with E-state index in [1.807, 2.05) is 17.3 Å². The topological polar surface area (TPSA) is 36.4 Å². The van der Waals surface area contributed by atoms with Crippen LogP contribution in [0.1, 0.15) is 49.1 Å². The summed E-state index contributed by atoms with van der Waals surface area (Å²) >= 11 is 0. The van der Waals surface area contributed by atoms with E-state index >= 15 is 0 Å². The maximum Gasteiger partial charge on any atom is 0.324 e. The third-order valence-electron chi connectivity index (χ3n) is 6.47. The summed E-state index contributed by atoms with van der Waals surface area (Å²) in [7, 11) is 0. The molecule has 2 bridgehead atoms. The van der Waals surface area contributed by atoms with Crippen LogP contribution in [0.4, 0.5) is 10.5 Å². The second-order valence-corrected chi connectivity index (χ2v) is 7.91. The van der Waals surface area contributed by atoms with Crippen molar-refractivity contribution in [3.05, 3.63) is 59.9 Å². The Labute approximate surface area is 154 Å². The molecule has 4 heterocycles. The molecule has 2 fully saturated rings. The van der Waals surface area contributed by atoms with E-state index in [0.717, 1.165) is 50.8 Å². The number of hydrogen-bond donors (Lipinski definition) is 0. The largest absolute Gasteiger partial charge is 0.324 e. The second kappa shape index (κ2) is 6.42. The number of piperidine rings is 1. The fourth-order valence-corrected chi connectivity index (χ4v) is 5.27. The van der Waals surface area contributed by atoms with Crippen molar-refractivity contribution in [3.8, 4) is 0 Å². The van der Waals surface area contributed by atoms with E-state index < -0.39 is 0 Å². The van der Waals surface area contributed by atoms with Gasteiger partial charge in [0.25, 0.3) is 0 Å². The van der Waals surface area contributed by atoms with Crippen LogP contribution in [-0.4, -0.2) is 34.5 Å². The van der Waals surface area contributed by atoms with Crippen LogP contribution in [0.3, 0.4) is 0 Å². The van der Waals surface area contributed by atoms with Crippen molar-refractivity contribution < 1.29 is 4.79 Å². The number of urea groups is 1. The highest BCUT2D eigenvalue weighted by atomic mass is 16.2. The summed E-state index contributed by atoms with van der Waals surface area (Å²) in [6.45, 7) is 0.847. The van der Waals surface area contributed by atoms with Crippen molar-refractivity contribution in [2.75, 3.05) is 11.4 Å². The molecule has 0 N–H and O–H groups in total. The molecule has 3 aliphatic rings. The molecule has 4 nitrogen and oxygen atoms in total. The number of amides is 2. The number of para-hydroxylation sites is 1. The van der Waals surface area contributed by atoms with E-state index in [1.54, 1.807) is 0 Å². The van der Waals surface area contributed by atoms with Crippen LogP contribution in [-0.2, 0) is 6.42 Å². The molecule has 0 radical (unpaired) electrons. The number of pyridine rings is 1. The zero-order valence-electron chi connectivity index (χ0n) is 15.1. The van der Waals surface area contributed by atoms with Crippen LogP contribution < -0.4 is 4.90 Å². The van der Waals surface area contributed by atoms with E-state index in [9.17, 15) is 4.79 Å². The SMILES string of the molecule is O=C(N1CCCc2ccccc21)N1[C@@H]2CC[C@H]1C[C@H](c1ccncc1)C2. The number of anilines is 1. The lowest BCUT2D eigenvalue weighted by atomic mass is 9.85. The number of carbonyl (C=O) groups excluding carboxylic acids is 1. The Morgan fingerprint density at radius 3 is 2.50 bits per heavy atom. The highest BCUT2D eigenvalue weighted by molar-refractivity contribution is 5.94. The molecule has 1 aromatic carbocycles. The molecule has 2 amide bonds. The molecule has 26 heavy (non-hydrogen) atoms. The minimum atomic E-state index is 0.234. The average molecular weight is 347 g/mol. The summed E-state index contributed by atoms with van der Waals surface area (Å²) in [5.41, 5.74) is 3.82. The molecule has 0 aliphatic carbocycles. The second-order valence-electron chi connectivity index (χ2n) is 7.91. The molecule has 4 heteroatoms. The first-order valence-corrected chi connectivity index (χ1v) is 9.89. The molecule has 3 aliphatic heterocycles. The van der Waals surface area contributed by atoms with Crippen LogP contribution in [0.25, 0.3) is 0 Å². The smallest absolute Gasteiger partial charge is 0.318 e. The lowest BCUT2D eigenvalue weighted by Gasteiger charge is -2.42. The van der Waals surface area contributed by atoms with Gasteiger partial charge >= 0.3 is 6.03 Å². The van der Waals surface area contributed by atoms with Crippen LogP contribution >= 0.6 is 0 Å². The molecule has 2 aromatic rings. The van der Waals surface area contributed by atoms with Gasteiger partial charge in [-0.2, -0.15) is 0 Å². The Morgan fingerprint density at radius 1 is 1.00 bits per heavy atom. The average Bonchev–Trinajstić information content (AvgIpc) is 2.97. The Hall–Kier alpha value is -2.36. The summed E-state index contributed by atoms with van der Waals surface area (Å²) in [5.74, 6) is 0.563. The first-order chi connectivity index (χ1) is 12.8. The molecular formula is C22H25N3O. The van der Waals surface area contributed by atoms with Gasteiger partial charge in [0.05, 0.1) is 0 Å². The van der Waals surface area contributed by atoms with Crippen LogP contribution in [0, 0.1) is 0 Å². The quantitative estimate of drug-likeness (QED) is 0.768. The van der Waals surface area contributed by atoms with Gasteiger partial charge in [0.1, 0.15) is 0 Å². The Morgan fingerprint density at radius 2 is 1.73 bits per heavy atom. The lowest BCUT2D eigenvalue weighted by molar-refractivity contribution is 0.143. The fraction of sp³-hybridized carbons (Fsp3) is 0.455. The van der Waals surface area contributed by atoms with Gasteiger partial charge in [-0.3, -0.25) is 9.88 Å². The van der Waals surface area contributed by atoms with Crippen molar-refractivity contribution in [2.24, 2.45) is 0 Å². The maximum absolute atomic E-state index is 13.5. The number of carbonyl (C=O) groups is 1. The summed E-state index contributed by atoms with van der Waals surface area (Å²) in [6, 6.07) is 13.7. The summed E-state index contributed by atoms with van der Waals surface area (Å²) in [5, 5.41) is 0. The van der Waals surface area contributed by atoms with Gasteiger partial charge in [0, 0.05) is 36.7 Å². The zero-order valence-corrected chi connectivity index (χ0v) is 15.1. The van der Waals surface area contributed by atoms with Gasteiger partial charge in [-0.15, -0.1) is 0 Å². The van der Waals surface area contributed by atoms with Gasteiger partial charge < -0.3 is 4.90 Å². The highest BCUT2D eigenvalue weighted by Crippen LogP contribution is 2.44. The molecule has 2 saturated heterocycles. The molecule has 0 spiro atoms. The number of rotatable bonds is 1. The van der Waals surface area contributed by atoms with Crippen LogP contribution in [0.15, 0.2) is 48.8 Å². The minimum absolute atomic E-state index is 0.234. The van der Waals surface area contributed by atoms with Gasteiger partial charge in [0.15, 0.2) is 0 Å². The van der Waals surface area contributed by atoms with Crippen molar-refractivity contribution in [1.82, 2.24) is 9.88 Å². The highest BCUT2D eigenvalue weighted by Gasteiger charge is 2.45. The Balaban J connectivity index is 1.38. The molecule has 0 saturated carbocycles. The number of fused-ring (bicyclic) bond motifs is 3. The predicted molar refractivity (Wildman–Crippen MR) is 102 cm³/mol. The molecule has 5 rings (SSSR count). The van der Waals surface area contributed by atoms with Gasteiger partial charge in [-0.25, -0.2) is 4.79 Å². The van der Waals surface area contributed by atoms with Crippen LogP contribution in [0.2, 0.25) is 0 Å². The van der Waals surface area contributed by atoms with Gasteiger partial charge in [0.2, 0.25) is 0 Å². The van der Waals surface area contributed by atoms with Crippen molar-refractivity contribution in [3.63, 3.8) is 0 Å². The van der Waals surface area contributed by atoms with E-state index in [-0.39, 0.29) is 6.03 Å². The first-order valence-electron chi connectivity index (χ1n) is 9.89. The standard InChI is InChI=1S/C22H25N3O/c26-22(24-13-3-5-17-4-1-2-6-21(17)24)25-19-7-8-20(25)15-18(14-19)16-9-11-23-12-10-16/h1-2,4,6,9-12,18-20H,3,5,7-8,13-15H2/t18-,19-,20+. The third-order valence-corrected chi connectivity index (χ3v) is 6.47. The van der Waals surface area contributed by atoms with E-state index in [0.29, 0.717) is 18.0 Å². The number of hydrogen-bond acceptors (Lipinski definition) is 2. The van der Waals surface area contributed by atoms with E-state index in [1.165, 1.54) is 11.1 Å². The number of nitrogens with zero attached hydrogens (tertiary/aromatic N) is 3. The first kappa shape index (κ1) is 15.9. The zero-order chi connectivity index (χ0) is 17.5. The Bertz CT molecular complexity index is 792. The lowest BCUT2D eigenvalue weighted by Crippen LogP contribution is -2.53. The van der Waals surface area contributed by atoms with Crippen LogP contribution in [0.5, 0.6) is 0 Å². The maximum atomic E-state index is 13.5. The normalized spacial score (nSPS) is 27.3. The van der Waals surface area contributed by atoms with Crippen molar-refractivity contribution in [1.29, 1.82) is 0 Å². The van der Waals surface area contributed by atoms with Gasteiger partial charge in [-0.1, -0.05) is 18.2 Å². The third kappa shape index (κ3) is 2.59. The Kier molecular flexibility index (Phi) is 3.92. The van der Waals surface area contributed by atoms with E-state index in [4.69, 9.17) is 0 Å². The fourth-order valence-electron chi connectivity index (χ4n) is 5.27. The number of aryl methyl sites for hydroxylation is 1. The molecule has 134 valence electrons. The van der Waals surface area contributed by atoms with Crippen molar-refractivity contribution >= 4 is 11.7 Å². The summed E-state index contributed by atoms with van der Waals surface area (Å²) < 4.78 is 0.